The number of nitro benzene ring substituents is 1. The molecule has 1 N–H and O–H groups in total. The lowest BCUT2D eigenvalue weighted by atomic mass is 10.00. The van der Waals surface area contributed by atoms with Gasteiger partial charge in [-0.05, 0) is 35.7 Å². The number of rotatable bonds is 5. The molecule has 0 aliphatic rings. The van der Waals surface area contributed by atoms with Gasteiger partial charge in [-0.1, -0.05) is 19.9 Å². The fourth-order valence-corrected chi connectivity index (χ4v) is 2.64. The van der Waals surface area contributed by atoms with Crippen LogP contribution in [0.1, 0.15) is 30.9 Å². The molecule has 128 valence electrons. The van der Waals surface area contributed by atoms with E-state index in [4.69, 9.17) is 4.42 Å². The lowest BCUT2D eigenvalue weighted by Gasteiger charge is -2.06. The van der Waals surface area contributed by atoms with Gasteiger partial charge in [-0.3, -0.25) is 14.9 Å². The molecular weight excluding hydrogens is 320 g/mol. The van der Waals surface area contributed by atoms with Crippen LogP contribution in [-0.2, 0) is 11.2 Å². The monoisotopic (exact) mass is 338 g/mol. The maximum atomic E-state index is 12.3. The highest BCUT2D eigenvalue weighted by Gasteiger charge is 2.13. The van der Waals surface area contributed by atoms with E-state index in [0.717, 1.165) is 16.5 Å². The van der Waals surface area contributed by atoms with Gasteiger partial charge < -0.3 is 9.73 Å². The van der Waals surface area contributed by atoms with Crippen LogP contribution in [0.4, 0.5) is 11.4 Å². The second kappa shape index (κ2) is 6.76. The van der Waals surface area contributed by atoms with Crippen molar-refractivity contribution in [2.45, 2.75) is 26.2 Å². The second-order valence-corrected chi connectivity index (χ2v) is 6.20. The number of hydrogen-bond acceptors (Lipinski definition) is 4. The number of nitrogens with one attached hydrogen (secondary N) is 1. The van der Waals surface area contributed by atoms with Crippen LogP contribution in [-0.4, -0.2) is 10.8 Å². The first-order chi connectivity index (χ1) is 11.9. The fraction of sp³-hybridized carbons (Fsp3) is 0.211. The first-order valence-electron chi connectivity index (χ1n) is 7.98. The zero-order valence-corrected chi connectivity index (χ0v) is 14.0. The Bertz CT molecular complexity index is 926. The Morgan fingerprint density at radius 1 is 1.20 bits per heavy atom. The summed E-state index contributed by atoms with van der Waals surface area (Å²) in [6, 6.07) is 11.7. The molecular formula is C19H18N2O4. The molecule has 1 amide bonds. The Labute approximate surface area is 144 Å². The Balaban J connectivity index is 1.75. The largest absolute Gasteiger partial charge is 0.464 e. The molecule has 0 spiro atoms. The molecule has 0 fully saturated rings. The molecule has 0 aliphatic heterocycles. The summed E-state index contributed by atoms with van der Waals surface area (Å²) in [7, 11) is 0. The summed E-state index contributed by atoms with van der Waals surface area (Å²) in [5.41, 5.74) is 3.26. The maximum absolute atomic E-state index is 12.3. The normalized spacial score (nSPS) is 11.0. The molecule has 0 unspecified atom stereocenters. The van der Waals surface area contributed by atoms with Gasteiger partial charge in [-0.25, -0.2) is 0 Å². The van der Waals surface area contributed by atoms with Gasteiger partial charge in [0.25, 0.3) is 5.69 Å². The van der Waals surface area contributed by atoms with Crippen molar-refractivity contribution >= 4 is 28.3 Å². The number of nitrogens with zero attached hydrogens (tertiary/aromatic N) is 1. The van der Waals surface area contributed by atoms with E-state index in [2.05, 4.69) is 25.2 Å². The summed E-state index contributed by atoms with van der Waals surface area (Å²) in [5, 5.41) is 14.3. The van der Waals surface area contributed by atoms with Crippen molar-refractivity contribution < 1.29 is 14.1 Å². The van der Waals surface area contributed by atoms with Crippen LogP contribution in [0.3, 0.4) is 0 Å². The van der Waals surface area contributed by atoms with Gasteiger partial charge in [0, 0.05) is 28.8 Å². The van der Waals surface area contributed by atoms with Crippen LogP contribution < -0.4 is 5.32 Å². The Hall–Kier alpha value is -3.15. The molecule has 3 rings (SSSR count). The number of furan rings is 1. The van der Waals surface area contributed by atoms with Crippen molar-refractivity contribution in [1.29, 1.82) is 0 Å². The van der Waals surface area contributed by atoms with Crippen LogP contribution in [0, 0.1) is 10.1 Å². The summed E-state index contributed by atoms with van der Waals surface area (Å²) in [4.78, 5) is 22.5. The van der Waals surface area contributed by atoms with Crippen LogP contribution in [0.15, 0.2) is 53.1 Å². The molecule has 0 radical (unpaired) electrons. The van der Waals surface area contributed by atoms with Crippen LogP contribution in [0.5, 0.6) is 0 Å². The third-order valence-corrected chi connectivity index (χ3v) is 4.06. The van der Waals surface area contributed by atoms with Gasteiger partial charge >= 0.3 is 0 Å². The van der Waals surface area contributed by atoms with Gasteiger partial charge in [0.1, 0.15) is 5.58 Å². The number of carbonyl (C=O) groups excluding carboxylic acids is 1. The molecule has 1 heterocycles. The van der Waals surface area contributed by atoms with Crippen LogP contribution >= 0.6 is 0 Å². The van der Waals surface area contributed by atoms with Gasteiger partial charge in [-0.15, -0.1) is 0 Å². The number of non-ortho nitro benzene ring substituents is 1. The van der Waals surface area contributed by atoms with Gasteiger partial charge in [0.05, 0.1) is 17.6 Å². The van der Waals surface area contributed by atoms with Crippen molar-refractivity contribution in [2.75, 3.05) is 5.32 Å². The van der Waals surface area contributed by atoms with Gasteiger partial charge in [0.2, 0.25) is 5.91 Å². The van der Waals surface area contributed by atoms with Gasteiger partial charge in [0.15, 0.2) is 0 Å². The predicted molar refractivity (Wildman–Crippen MR) is 95.7 cm³/mol. The quantitative estimate of drug-likeness (QED) is 0.542. The number of hydrogen-bond donors (Lipinski definition) is 1. The zero-order valence-electron chi connectivity index (χ0n) is 14.0. The second-order valence-electron chi connectivity index (χ2n) is 6.20. The first-order valence-corrected chi connectivity index (χ1v) is 7.98. The highest BCUT2D eigenvalue weighted by atomic mass is 16.6. The maximum Gasteiger partial charge on any atom is 0.269 e. The highest BCUT2D eigenvalue weighted by molar-refractivity contribution is 5.95. The van der Waals surface area contributed by atoms with Crippen molar-refractivity contribution in [3.8, 4) is 0 Å². The third kappa shape index (κ3) is 3.68. The van der Waals surface area contributed by atoms with Crippen molar-refractivity contribution in [1.82, 2.24) is 0 Å². The molecule has 2 aromatic carbocycles. The van der Waals surface area contributed by atoms with E-state index in [0.29, 0.717) is 11.6 Å². The Morgan fingerprint density at radius 3 is 2.56 bits per heavy atom. The predicted octanol–water partition coefficient (Wildman–Crippen LogP) is 4.65. The smallest absolute Gasteiger partial charge is 0.269 e. The standard InChI is InChI=1S/C19H18N2O4/c1-12(2)13-3-8-18-17(9-13)14(11-25-18)10-19(22)20-15-4-6-16(7-5-15)21(23)24/h3-9,11-12H,10H2,1-2H3,(H,20,22). The fourth-order valence-electron chi connectivity index (χ4n) is 2.64. The minimum Gasteiger partial charge on any atom is -0.464 e. The van der Waals surface area contributed by atoms with E-state index in [1.165, 1.54) is 29.8 Å². The molecule has 25 heavy (non-hydrogen) atoms. The van der Waals surface area contributed by atoms with E-state index in [1.807, 2.05) is 12.1 Å². The van der Waals surface area contributed by atoms with Crippen molar-refractivity contribution in [3.63, 3.8) is 0 Å². The number of amides is 1. The van der Waals surface area contributed by atoms with Crippen molar-refractivity contribution in [3.05, 3.63) is 70.0 Å². The average Bonchev–Trinajstić information content (AvgIpc) is 2.97. The minimum atomic E-state index is -0.477. The third-order valence-electron chi connectivity index (χ3n) is 4.06. The topological polar surface area (TPSA) is 85.4 Å². The summed E-state index contributed by atoms with van der Waals surface area (Å²) in [5.74, 6) is 0.188. The minimum absolute atomic E-state index is 0.0138. The van der Waals surface area contributed by atoms with Crippen LogP contribution in [0.2, 0.25) is 0 Å². The number of benzene rings is 2. The molecule has 3 aromatic rings. The van der Waals surface area contributed by atoms with E-state index in [-0.39, 0.29) is 18.0 Å². The molecule has 0 saturated heterocycles. The number of anilines is 1. The molecule has 1 aromatic heterocycles. The van der Waals surface area contributed by atoms with Crippen LogP contribution in [0.25, 0.3) is 11.0 Å². The zero-order chi connectivity index (χ0) is 18.0. The van der Waals surface area contributed by atoms with Gasteiger partial charge in [-0.2, -0.15) is 0 Å². The van der Waals surface area contributed by atoms with Crippen molar-refractivity contribution in [2.24, 2.45) is 0 Å². The number of nitro groups is 1. The van der Waals surface area contributed by atoms with E-state index in [1.54, 1.807) is 6.26 Å². The molecule has 0 aliphatic carbocycles. The summed E-state index contributed by atoms with van der Waals surface area (Å²) >= 11 is 0. The summed E-state index contributed by atoms with van der Waals surface area (Å²) in [6.45, 7) is 4.23. The van der Waals surface area contributed by atoms with E-state index >= 15 is 0 Å². The number of fused-ring (bicyclic) bond motifs is 1. The molecule has 0 bridgehead atoms. The summed E-state index contributed by atoms with van der Waals surface area (Å²) in [6.07, 6.45) is 1.77. The average molecular weight is 338 g/mol. The number of carbonyl (C=O) groups is 1. The van der Waals surface area contributed by atoms with E-state index in [9.17, 15) is 14.9 Å². The molecule has 6 heteroatoms. The Kier molecular flexibility index (Phi) is 4.52. The SMILES string of the molecule is CC(C)c1ccc2occ(CC(=O)Nc3ccc([N+](=O)[O-])cc3)c2c1. The summed E-state index contributed by atoms with van der Waals surface area (Å²) < 4.78 is 5.52. The lowest BCUT2D eigenvalue weighted by molar-refractivity contribution is -0.384. The molecule has 0 saturated carbocycles. The first kappa shape index (κ1) is 16.7. The molecule has 0 atom stereocenters. The highest BCUT2D eigenvalue weighted by Crippen LogP contribution is 2.26. The Morgan fingerprint density at radius 2 is 1.92 bits per heavy atom. The van der Waals surface area contributed by atoms with E-state index < -0.39 is 4.92 Å². The molecule has 6 nitrogen and oxygen atoms in total. The lowest BCUT2D eigenvalue weighted by Crippen LogP contribution is -2.14.